The van der Waals surface area contributed by atoms with Crippen LogP contribution in [0.15, 0.2) is 46.6 Å². The Labute approximate surface area is 141 Å². The molecule has 0 atom stereocenters. The highest BCUT2D eigenvalue weighted by molar-refractivity contribution is 7.99. The second-order valence-corrected chi connectivity index (χ2v) is 6.35. The maximum atomic E-state index is 14.1. The van der Waals surface area contributed by atoms with Gasteiger partial charge in [-0.05, 0) is 48.9 Å². The van der Waals surface area contributed by atoms with Crippen LogP contribution in [0.3, 0.4) is 0 Å². The number of benzene rings is 1. The minimum atomic E-state index is -0.318. The molecule has 4 rings (SSSR count). The van der Waals surface area contributed by atoms with Gasteiger partial charge in [-0.15, -0.1) is 20.4 Å². The van der Waals surface area contributed by atoms with Crippen molar-refractivity contribution in [3.8, 4) is 17.5 Å². The van der Waals surface area contributed by atoms with E-state index in [2.05, 4.69) is 20.4 Å². The molecule has 1 aromatic carbocycles. The molecule has 118 valence electrons. The summed E-state index contributed by atoms with van der Waals surface area (Å²) in [5.74, 6) is 0.209. The first-order valence-corrected chi connectivity index (χ1v) is 8.19. The van der Waals surface area contributed by atoms with Gasteiger partial charge in [-0.25, -0.2) is 4.39 Å². The van der Waals surface area contributed by atoms with E-state index in [0.29, 0.717) is 21.6 Å². The summed E-state index contributed by atoms with van der Waals surface area (Å²) in [5, 5.41) is 26.3. The minimum Gasteiger partial charge on any atom is -0.299 e. The maximum Gasteiger partial charge on any atom is 0.198 e. The Morgan fingerprint density at radius 2 is 1.92 bits per heavy atom. The van der Waals surface area contributed by atoms with Crippen LogP contribution in [-0.2, 0) is 0 Å². The molecule has 1 saturated carbocycles. The molecule has 0 aliphatic heterocycles. The standard InChI is InChI=1S/C16H11FN6S/c17-13-4-2-1-3-12(13)15-21-22-16(23(15)11-6-7-11)24-14-8-5-10(9-18)19-20-14/h1-5,8,11H,6-7H2. The smallest absolute Gasteiger partial charge is 0.198 e. The van der Waals surface area contributed by atoms with Gasteiger partial charge >= 0.3 is 0 Å². The molecule has 0 amide bonds. The van der Waals surface area contributed by atoms with Crippen molar-refractivity contribution in [1.82, 2.24) is 25.0 Å². The molecular formula is C16H11FN6S. The van der Waals surface area contributed by atoms with Gasteiger partial charge in [0.05, 0.1) is 5.56 Å². The van der Waals surface area contributed by atoms with Gasteiger partial charge < -0.3 is 0 Å². The molecule has 0 saturated heterocycles. The van der Waals surface area contributed by atoms with Crippen LogP contribution in [0.1, 0.15) is 24.6 Å². The molecule has 8 heteroatoms. The third kappa shape index (κ3) is 2.74. The molecule has 0 spiro atoms. The number of nitrogens with zero attached hydrogens (tertiary/aromatic N) is 6. The van der Waals surface area contributed by atoms with Crippen LogP contribution in [0.4, 0.5) is 4.39 Å². The summed E-state index contributed by atoms with van der Waals surface area (Å²) in [5.41, 5.74) is 0.699. The summed E-state index contributed by atoms with van der Waals surface area (Å²) < 4.78 is 16.1. The number of hydrogen-bond acceptors (Lipinski definition) is 6. The Balaban J connectivity index is 1.72. The van der Waals surface area contributed by atoms with Crippen molar-refractivity contribution in [3.05, 3.63) is 47.9 Å². The van der Waals surface area contributed by atoms with Crippen LogP contribution < -0.4 is 0 Å². The monoisotopic (exact) mass is 338 g/mol. The van der Waals surface area contributed by atoms with Gasteiger partial charge in [0, 0.05) is 6.04 Å². The van der Waals surface area contributed by atoms with Crippen LogP contribution >= 0.6 is 11.8 Å². The van der Waals surface area contributed by atoms with Crippen molar-refractivity contribution >= 4 is 11.8 Å². The van der Waals surface area contributed by atoms with E-state index in [0.717, 1.165) is 12.8 Å². The largest absolute Gasteiger partial charge is 0.299 e. The van der Waals surface area contributed by atoms with Crippen molar-refractivity contribution in [2.24, 2.45) is 0 Å². The molecule has 0 N–H and O–H groups in total. The van der Waals surface area contributed by atoms with Gasteiger partial charge in [0.15, 0.2) is 16.7 Å². The second kappa shape index (κ2) is 6.02. The van der Waals surface area contributed by atoms with Crippen molar-refractivity contribution < 1.29 is 4.39 Å². The number of hydrogen-bond donors (Lipinski definition) is 0. The molecule has 2 heterocycles. The molecule has 0 unspecified atom stereocenters. The molecule has 1 fully saturated rings. The number of aromatic nitrogens is 5. The number of halogens is 1. The highest BCUT2D eigenvalue weighted by Gasteiger charge is 2.31. The van der Waals surface area contributed by atoms with Gasteiger partial charge in [-0.2, -0.15) is 5.26 Å². The van der Waals surface area contributed by atoms with Crippen molar-refractivity contribution in [1.29, 1.82) is 5.26 Å². The molecule has 24 heavy (non-hydrogen) atoms. The lowest BCUT2D eigenvalue weighted by Gasteiger charge is -2.08. The van der Waals surface area contributed by atoms with Gasteiger partial charge in [-0.3, -0.25) is 4.57 Å². The zero-order valence-electron chi connectivity index (χ0n) is 12.4. The third-order valence-electron chi connectivity index (χ3n) is 3.64. The van der Waals surface area contributed by atoms with E-state index in [1.165, 1.54) is 17.8 Å². The molecule has 0 radical (unpaired) electrons. The fraction of sp³-hybridized carbons (Fsp3) is 0.188. The molecule has 2 aromatic heterocycles. The topological polar surface area (TPSA) is 80.3 Å². The molecular weight excluding hydrogens is 327 g/mol. The second-order valence-electron chi connectivity index (χ2n) is 5.36. The Kier molecular flexibility index (Phi) is 3.70. The Morgan fingerprint density at radius 1 is 1.08 bits per heavy atom. The predicted molar refractivity (Wildman–Crippen MR) is 84.6 cm³/mol. The average molecular weight is 338 g/mol. The van der Waals surface area contributed by atoms with Gasteiger partial charge in [0.25, 0.3) is 0 Å². The third-order valence-corrected chi connectivity index (χ3v) is 4.53. The Hall–Kier alpha value is -2.79. The first-order chi connectivity index (χ1) is 11.8. The van der Waals surface area contributed by atoms with Crippen LogP contribution in [0.5, 0.6) is 0 Å². The van der Waals surface area contributed by atoms with Crippen LogP contribution in [-0.4, -0.2) is 25.0 Å². The van der Waals surface area contributed by atoms with E-state index >= 15 is 0 Å². The van der Waals surface area contributed by atoms with E-state index in [-0.39, 0.29) is 17.6 Å². The summed E-state index contributed by atoms with van der Waals surface area (Å²) in [4.78, 5) is 0. The van der Waals surface area contributed by atoms with Crippen LogP contribution in [0, 0.1) is 17.1 Å². The van der Waals surface area contributed by atoms with Crippen LogP contribution in [0.25, 0.3) is 11.4 Å². The summed E-state index contributed by atoms with van der Waals surface area (Å²) in [6.45, 7) is 0. The van der Waals surface area contributed by atoms with E-state index < -0.39 is 0 Å². The summed E-state index contributed by atoms with van der Waals surface area (Å²) in [7, 11) is 0. The molecule has 1 aliphatic rings. The van der Waals surface area contributed by atoms with Crippen molar-refractivity contribution in [2.45, 2.75) is 29.1 Å². The van der Waals surface area contributed by atoms with Gasteiger partial charge in [-0.1, -0.05) is 12.1 Å². The molecule has 3 aromatic rings. The zero-order chi connectivity index (χ0) is 16.5. The normalized spacial score (nSPS) is 13.7. The van der Waals surface area contributed by atoms with E-state index in [1.807, 2.05) is 10.6 Å². The highest BCUT2D eigenvalue weighted by Crippen LogP contribution is 2.42. The lowest BCUT2D eigenvalue weighted by molar-refractivity contribution is 0.622. The summed E-state index contributed by atoms with van der Waals surface area (Å²) in [6.07, 6.45) is 2.04. The van der Waals surface area contributed by atoms with Gasteiger partial charge in [0.2, 0.25) is 0 Å². The minimum absolute atomic E-state index is 0.259. The van der Waals surface area contributed by atoms with Crippen molar-refractivity contribution in [3.63, 3.8) is 0 Å². The molecule has 1 aliphatic carbocycles. The van der Waals surface area contributed by atoms with E-state index in [1.54, 1.807) is 30.3 Å². The lowest BCUT2D eigenvalue weighted by atomic mass is 10.2. The number of nitriles is 1. The maximum absolute atomic E-state index is 14.1. The summed E-state index contributed by atoms with van der Waals surface area (Å²) >= 11 is 1.31. The molecule has 6 nitrogen and oxygen atoms in total. The van der Waals surface area contributed by atoms with E-state index in [9.17, 15) is 4.39 Å². The zero-order valence-corrected chi connectivity index (χ0v) is 13.2. The first kappa shape index (κ1) is 14.8. The Bertz CT molecular complexity index is 926. The fourth-order valence-corrected chi connectivity index (χ4v) is 3.18. The SMILES string of the molecule is N#Cc1ccc(Sc2nnc(-c3ccccc3F)n2C2CC2)nn1. The van der Waals surface area contributed by atoms with Gasteiger partial charge in [0.1, 0.15) is 16.9 Å². The van der Waals surface area contributed by atoms with Crippen molar-refractivity contribution in [2.75, 3.05) is 0 Å². The van der Waals surface area contributed by atoms with Crippen LogP contribution in [0.2, 0.25) is 0 Å². The predicted octanol–water partition coefficient (Wildman–Crippen LogP) is 3.23. The van der Waals surface area contributed by atoms with E-state index in [4.69, 9.17) is 5.26 Å². The molecule has 0 bridgehead atoms. The highest BCUT2D eigenvalue weighted by atomic mass is 32.2. The summed E-state index contributed by atoms with van der Waals surface area (Å²) in [6, 6.07) is 12.1. The first-order valence-electron chi connectivity index (χ1n) is 7.38. The quantitative estimate of drug-likeness (QED) is 0.726. The number of rotatable bonds is 4. The average Bonchev–Trinajstić information content (AvgIpc) is 3.37. The Morgan fingerprint density at radius 3 is 2.58 bits per heavy atom. The fourth-order valence-electron chi connectivity index (χ4n) is 2.36. The lowest BCUT2D eigenvalue weighted by Crippen LogP contribution is -2.01.